The van der Waals surface area contributed by atoms with Gasteiger partial charge in [0.15, 0.2) is 0 Å². The monoisotopic (exact) mass is 663 g/mol. The minimum Gasteiger partial charge on any atom is -0.311 e. The number of rotatable bonds is 5. The Bertz CT molecular complexity index is 2750. The average molecular weight is 664 g/mol. The van der Waals surface area contributed by atoms with Crippen LogP contribution in [0.25, 0.3) is 65.7 Å². The molecular weight excluding hydrogens is 627 g/mol. The minimum atomic E-state index is -0.223. The third-order valence-corrected chi connectivity index (χ3v) is 11.2. The van der Waals surface area contributed by atoms with Crippen molar-refractivity contribution < 1.29 is 0 Å². The highest BCUT2D eigenvalue weighted by Gasteiger charge is 2.37. The van der Waals surface area contributed by atoms with Crippen LogP contribution in [0, 0.1) is 0 Å². The number of hydrogen-bond acceptors (Lipinski definition) is 1. The third-order valence-electron chi connectivity index (χ3n) is 11.2. The highest BCUT2D eigenvalue weighted by Crippen LogP contribution is 2.55. The first-order valence-corrected chi connectivity index (χ1v) is 18.2. The van der Waals surface area contributed by atoms with Gasteiger partial charge in [-0.3, -0.25) is 0 Å². The molecule has 1 aliphatic carbocycles. The molecule has 0 atom stereocenters. The zero-order chi connectivity index (χ0) is 34.8. The predicted octanol–water partition coefficient (Wildman–Crippen LogP) is 14.3. The Morgan fingerprint density at radius 2 is 0.962 bits per heavy atom. The summed E-state index contributed by atoms with van der Waals surface area (Å²) >= 11 is 0. The highest BCUT2D eigenvalue weighted by molar-refractivity contribution is 6.16. The van der Waals surface area contributed by atoms with Crippen molar-refractivity contribution in [3.63, 3.8) is 0 Å². The van der Waals surface area contributed by atoms with Crippen LogP contribution in [0.2, 0.25) is 0 Å². The predicted molar refractivity (Wildman–Crippen MR) is 222 cm³/mol. The van der Waals surface area contributed by atoms with E-state index in [9.17, 15) is 0 Å². The topological polar surface area (TPSA) is 3.24 Å². The molecule has 0 radical (unpaired) electrons. The standard InChI is InChI=1S/C51H37N/c1-51(2)47-26-13-16-35-29-32-41(34-27-30-39(31-28-34)52(37-17-5-3-6-18-37)38-19-7-4-8-20-38)49(48(35)47)45-25-14-24-44(50(45)51)46-33-36-15-9-10-21-40(36)42-22-11-12-23-43(42)46/h3-33H,1-2H3. The van der Waals surface area contributed by atoms with E-state index in [4.69, 9.17) is 0 Å². The van der Waals surface area contributed by atoms with Gasteiger partial charge in [-0.2, -0.15) is 0 Å². The van der Waals surface area contributed by atoms with Crippen molar-refractivity contribution in [3.05, 3.63) is 199 Å². The molecule has 0 fully saturated rings. The molecular formula is C51H37N. The number of anilines is 3. The zero-order valence-electron chi connectivity index (χ0n) is 29.3. The van der Waals surface area contributed by atoms with E-state index in [2.05, 4.69) is 207 Å². The maximum Gasteiger partial charge on any atom is 0.0462 e. The summed E-state index contributed by atoms with van der Waals surface area (Å²) in [5.41, 5.74) is 13.7. The van der Waals surface area contributed by atoms with Crippen LogP contribution in [0.1, 0.15) is 25.0 Å². The van der Waals surface area contributed by atoms with Crippen molar-refractivity contribution in [2.24, 2.45) is 0 Å². The van der Waals surface area contributed by atoms with Crippen LogP contribution in [0.5, 0.6) is 0 Å². The number of fused-ring (bicyclic) bond motifs is 5. The normalized spacial score (nSPS) is 13.0. The first kappa shape index (κ1) is 30.4. The minimum absolute atomic E-state index is 0.223. The summed E-state index contributed by atoms with van der Waals surface area (Å²) in [6, 6.07) is 69.0. The van der Waals surface area contributed by atoms with Crippen molar-refractivity contribution in [1.29, 1.82) is 0 Å². The lowest BCUT2D eigenvalue weighted by Gasteiger charge is -2.38. The van der Waals surface area contributed by atoms with E-state index in [-0.39, 0.29) is 5.41 Å². The van der Waals surface area contributed by atoms with Gasteiger partial charge >= 0.3 is 0 Å². The van der Waals surface area contributed by atoms with E-state index in [0.717, 1.165) is 17.1 Å². The second-order valence-corrected chi connectivity index (χ2v) is 14.5. The van der Waals surface area contributed by atoms with Crippen LogP contribution in [-0.4, -0.2) is 0 Å². The molecule has 0 aromatic heterocycles. The Hall–Kier alpha value is -6.44. The van der Waals surface area contributed by atoms with Crippen molar-refractivity contribution in [2.75, 3.05) is 4.90 Å². The summed E-state index contributed by atoms with van der Waals surface area (Å²) in [7, 11) is 0. The number of nitrogens with zero attached hydrogens (tertiary/aromatic N) is 1. The van der Waals surface area contributed by atoms with Crippen molar-refractivity contribution in [2.45, 2.75) is 19.3 Å². The van der Waals surface area contributed by atoms with Crippen LogP contribution >= 0.6 is 0 Å². The van der Waals surface area contributed by atoms with Gasteiger partial charge in [0.2, 0.25) is 0 Å². The fourth-order valence-electron chi connectivity index (χ4n) is 8.88. The van der Waals surface area contributed by atoms with E-state index < -0.39 is 0 Å². The fourth-order valence-corrected chi connectivity index (χ4v) is 8.88. The second kappa shape index (κ2) is 11.8. The van der Waals surface area contributed by atoms with Crippen LogP contribution in [0.15, 0.2) is 188 Å². The molecule has 1 nitrogen and oxygen atoms in total. The van der Waals surface area contributed by atoms with Crippen molar-refractivity contribution >= 4 is 49.4 Å². The first-order valence-electron chi connectivity index (χ1n) is 18.2. The average Bonchev–Trinajstić information content (AvgIpc) is 3.20. The molecule has 0 bridgehead atoms. The lowest BCUT2D eigenvalue weighted by molar-refractivity contribution is 0.647. The summed E-state index contributed by atoms with van der Waals surface area (Å²) in [5.74, 6) is 0. The summed E-state index contributed by atoms with van der Waals surface area (Å²) in [5, 5.41) is 7.80. The Labute approximate surface area is 305 Å². The van der Waals surface area contributed by atoms with Crippen LogP contribution in [0.4, 0.5) is 17.1 Å². The molecule has 1 aliphatic rings. The lowest BCUT2D eigenvalue weighted by Crippen LogP contribution is -2.25. The summed E-state index contributed by atoms with van der Waals surface area (Å²) in [6.07, 6.45) is 0. The van der Waals surface area contributed by atoms with Gasteiger partial charge in [-0.1, -0.05) is 159 Å². The Balaban J connectivity index is 1.20. The summed E-state index contributed by atoms with van der Waals surface area (Å²) in [6.45, 7) is 4.83. The molecule has 0 unspecified atom stereocenters. The molecule has 0 aliphatic heterocycles. The molecule has 246 valence electrons. The maximum absolute atomic E-state index is 2.42. The largest absolute Gasteiger partial charge is 0.311 e. The third kappa shape index (κ3) is 4.63. The zero-order valence-corrected chi connectivity index (χ0v) is 29.3. The smallest absolute Gasteiger partial charge is 0.0462 e. The SMILES string of the molecule is CC1(C)c2c(-c3cc4ccccc4c4ccccc34)cccc2-c2c(-c3ccc(N(c4ccccc4)c4ccccc4)cc3)ccc3cccc1c23. The number of hydrogen-bond donors (Lipinski definition) is 0. The molecule has 1 heteroatoms. The molecule has 9 aromatic rings. The Morgan fingerprint density at radius 1 is 0.385 bits per heavy atom. The Morgan fingerprint density at radius 3 is 1.69 bits per heavy atom. The Kier molecular flexibility index (Phi) is 6.91. The van der Waals surface area contributed by atoms with E-state index >= 15 is 0 Å². The molecule has 10 rings (SSSR count). The van der Waals surface area contributed by atoms with Crippen LogP contribution in [0.3, 0.4) is 0 Å². The molecule has 0 spiro atoms. The number of benzene rings is 9. The fraction of sp³-hybridized carbons (Fsp3) is 0.0588. The molecule has 0 heterocycles. The molecule has 0 N–H and O–H groups in total. The van der Waals surface area contributed by atoms with E-state index in [1.807, 2.05) is 0 Å². The molecule has 9 aromatic carbocycles. The second-order valence-electron chi connectivity index (χ2n) is 14.5. The van der Waals surface area contributed by atoms with Gasteiger partial charge < -0.3 is 4.90 Å². The maximum atomic E-state index is 2.42. The van der Waals surface area contributed by atoms with Gasteiger partial charge in [-0.05, 0) is 119 Å². The molecule has 0 amide bonds. The number of para-hydroxylation sites is 2. The summed E-state index contributed by atoms with van der Waals surface area (Å²) < 4.78 is 0. The van der Waals surface area contributed by atoms with Gasteiger partial charge in [0.1, 0.15) is 0 Å². The van der Waals surface area contributed by atoms with Gasteiger partial charge in [0.25, 0.3) is 0 Å². The van der Waals surface area contributed by atoms with E-state index in [1.54, 1.807) is 0 Å². The van der Waals surface area contributed by atoms with Crippen LogP contribution < -0.4 is 4.90 Å². The highest BCUT2D eigenvalue weighted by atomic mass is 15.1. The van der Waals surface area contributed by atoms with Gasteiger partial charge in [0.05, 0.1) is 0 Å². The van der Waals surface area contributed by atoms with Gasteiger partial charge in [-0.15, -0.1) is 0 Å². The van der Waals surface area contributed by atoms with E-state index in [0.29, 0.717) is 0 Å². The molecule has 0 saturated carbocycles. The first-order chi connectivity index (χ1) is 25.6. The van der Waals surface area contributed by atoms with Gasteiger partial charge in [0, 0.05) is 22.5 Å². The van der Waals surface area contributed by atoms with Crippen molar-refractivity contribution in [1.82, 2.24) is 0 Å². The quantitative estimate of drug-likeness (QED) is 0.166. The molecule has 0 saturated heterocycles. The van der Waals surface area contributed by atoms with Gasteiger partial charge in [-0.25, -0.2) is 0 Å². The summed E-state index contributed by atoms with van der Waals surface area (Å²) in [4.78, 5) is 2.32. The lowest BCUT2D eigenvalue weighted by atomic mass is 9.65. The van der Waals surface area contributed by atoms with E-state index in [1.165, 1.54) is 76.8 Å². The van der Waals surface area contributed by atoms with Crippen LogP contribution in [-0.2, 0) is 5.41 Å². The van der Waals surface area contributed by atoms with Crippen molar-refractivity contribution in [3.8, 4) is 33.4 Å². The molecule has 52 heavy (non-hydrogen) atoms.